The Bertz CT molecular complexity index is 411. The summed E-state index contributed by atoms with van der Waals surface area (Å²) in [5.74, 6) is 0.201. The van der Waals surface area contributed by atoms with Crippen LogP contribution in [0.1, 0.15) is 0 Å². The second-order valence-corrected chi connectivity index (χ2v) is 4.93. The van der Waals surface area contributed by atoms with E-state index < -0.39 is 9.84 Å². The van der Waals surface area contributed by atoms with Gasteiger partial charge in [-0.1, -0.05) is 17.7 Å². The Labute approximate surface area is 82.2 Å². The average Bonchev–Trinajstić information content (AvgIpc) is 2.02. The van der Waals surface area contributed by atoms with Crippen molar-refractivity contribution in [3.05, 3.63) is 23.2 Å². The predicted octanol–water partition coefficient (Wildman–Crippen LogP) is 1.75. The second kappa shape index (κ2) is 3.55. The molecule has 0 heterocycles. The third-order valence-electron chi connectivity index (χ3n) is 1.53. The number of hydrogen-bond acceptors (Lipinski definition) is 3. The fourth-order valence-corrected chi connectivity index (χ4v) is 2.14. The number of benzene rings is 1. The minimum absolute atomic E-state index is 0.113. The van der Waals surface area contributed by atoms with Crippen LogP contribution in [0.2, 0.25) is 5.02 Å². The van der Waals surface area contributed by atoms with Crippen LogP contribution in [0.5, 0.6) is 5.75 Å². The van der Waals surface area contributed by atoms with Crippen molar-refractivity contribution in [2.45, 2.75) is 4.90 Å². The summed E-state index contributed by atoms with van der Waals surface area (Å²) in [6.07, 6.45) is 1.11. The Morgan fingerprint density at radius 2 is 2.00 bits per heavy atom. The highest BCUT2D eigenvalue weighted by Gasteiger charge is 2.15. The number of hydrogen-bond donors (Lipinski definition) is 0. The summed E-state index contributed by atoms with van der Waals surface area (Å²) in [5, 5.41) is 0.297. The van der Waals surface area contributed by atoms with Crippen molar-refractivity contribution in [2.75, 3.05) is 13.4 Å². The van der Waals surface area contributed by atoms with Gasteiger partial charge in [0.15, 0.2) is 15.6 Å². The molecule has 0 fully saturated rings. The molecule has 0 atom stereocenters. The zero-order valence-electron chi connectivity index (χ0n) is 7.24. The highest BCUT2D eigenvalue weighted by atomic mass is 35.5. The molecule has 0 N–H and O–H groups in total. The predicted molar refractivity (Wildman–Crippen MR) is 51.1 cm³/mol. The number of rotatable bonds is 2. The smallest absolute Gasteiger partial charge is 0.179 e. The van der Waals surface area contributed by atoms with Gasteiger partial charge in [-0.3, -0.25) is 0 Å². The van der Waals surface area contributed by atoms with Gasteiger partial charge >= 0.3 is 0 Å². The van der Waals surface area contributed by atoms with Gasteiger partial charge in [0, 0.05) is 6.26 Å². The summed E-state index contributed by atoms with van der Waals surface area (Å²) in [4.78, 5) is 0.113. The SMILES string of the molecule is COc1c(Cl)cccc1S(C)(=O)=O. The van der Waals surface area contributed by atoms with Gasteiger partial charge in [0.1, 0.15) is 4.90 Å². The van der Waals surface area contributed by atoms with Gasteiger partial charge < -0.3 is 4.74 Å². The topological polar surface area (TPSA) is 43.4 Å². The van der Waals surface area contributed by atoms with Crippen molar-refractivity contribution >= 4 is 21.4 Å². The fourth-order valence-electron chi connectivity index (χ4n) is 0.979. The lowest BCUT2D eigenvalue weighted by Crippen LogP contribution is -2.00. The van der Waals surface area contributed by atoms with Crippen molar-refractivity contribution < 1.29 is 13.2 Å². The molecule has 1 aromatic carbocycles. The molecule has 72 valence electrons. The van der Waals surface area contributed by atoms with E-state index in [9.17, 15) is 8.42 Å². The first kappa shape index (κ1) is 10.3. The van der Waals surface area contributed by atoms with Crippen molar-refractivity contribution in [2.24, 2.45) is 0 Å². The highest BCUT2D eigenvalue weighted by Crippen LogP contribution is 2.31. The molecule has 0 amide bonds. The molecule has 0 aliphatic carbocycles. The molecule has 1 rings (SSSR count). The highest BCUT2D eigenvalue weighted by molar-refractivity contribution is 7.90. The molecule has 0 spiro atoms. The van der Waals surface area contributed by atoms with E-state index in [-0.39, 0.29) is 10.6 Å². The maximum atomic E-state index is 11.2. The summed E-state index contributed by atoms with van der Waals surface area (Å²) in [6.45, 7) is 0. The number of ether oxygens (including phenoxy) is 1. The van der Waals surface area contributed by atoms with Crippen LogP contribution in [-0.2, 0) is 9.84 Å². The molecule has 13 heavy (non-hydrogen) atoms. The zero-order chi connectivity index (χ0) is 10.1. The zero-order valence-corrected chi connectivity index (χ0v) is 8.82. The monoisotopic (exact) mass is 220 g/mol. The van der Waals surface area contributed by atoms with Crippen molar-refractivity contribution in [3.63, 3.8) is 0 Å². The van der Waals surface area contributed by atoms with Gasteiger partial charge in [0.25, 0.3) is 0 Å². The van der Waals surface area contributed by atoms with Crippen LogP contribution in [0, 0.1) is 0 Å². The first-order chi connectivity index (χ1) is 5.96. The third kappa shape index (κ3) is 2.14. The largest absolute Gasteiger partial charge is 0.494 e. The van der Waals surface area contributed by atoms with E-state index in [1.54, 1.807) is 12.1 Å². The van der Waals surface area contributed by atoms with E-state index in [4.69, 9.17) is 16.3 Å². The van der Waals surface area contributed by atoms with Crippen molar-refractivity contribution in [3.8, 4) is 5.75 Å². The van der Waals surface area contributed by atoms with E-state index in [0.29, 0.717) is 5.02 Å². The Balaban J connectivity index is 3.47. The molecular formula is C8H9ClO3S. The van der Waals surface area contributed by atoms with Gasteiger partial charge in [-0.15, -0.1) is 0 Å². The minimum Gasteiger partial charge on any atom is -0.494 e. The normalized spacial score (nSPS) is 11.3. The lowest BCUT2D eigenvalue weighted by molar-refractivity contribution is 0.403. The summed E-state index contributed by atoms with van der Waals surface area (Å²) < 4.78 is 27.3. The number of methoxy groups -OCH3 is 1. The van der Waals surface area contributed by atoms with E-state index in [0.717, 1.165) is 6.26 Å². The lowest BCUT2D eigenvalue weighted by atomic mass is 10.3. The molecule has 0 saturated carbocycles. The standard InChI is InChI=1S/C8H9ClO3S/c1-12-8-6(9)4-3-5-7(8)13(2,10)11/h3-5H,1-2H3. The molecule has 3 nitrogen and oxygen atoms in total. The summed E-state index contributed by atoms with van der Waals surface area (Å²) in [5.41, 5.74) is 0. The quantitative estimate of drug-likeness (QED) is 0.763. The van der Waals surface area contributed by atoms with Crippen LogP contribution in [-0.4, -0.2) is 21.8 Å². The maximum absolute atomic E-state index is 11.2. The van der Waals surface area contributed by atoms with Crippen LogP contribution >= 0.6 is 11.6 Å². The van der Waals surface area contributed by atoms with Gasteiger partial charge in [0.05, 0.1) is 12.1 Å². The van der Waals surface area contributed by atoms with Gasteiger partial charge in [-0.25, -0.2) is 8.42 Å². The van der Waals surface area contributed by atoms with Crippen LogP contribution in [0.3, 0.4) is 0 Å². The van der Waals surface area contributed by atoms with E-state index >= 15 is 0 Å². The van der Waals surface area contributed by atoms with Crippen LogP contribution in [0.4, 0.5) is 0 Å². The molecule has 5 heteroatoms. The first-order valence-corrected chi connectivity index (χ1v) is 5.76. The third-order valence-corrected chi connectivity index (χ3v) is 2.95. The Morgan fingerprint density at radius 3 is 2.38 bits per heavy atom. The molecule has 0 aliphatic heterocycles. The molecule has 1 aromatic rings. The molecule has 0 bridgehead atoms. The number of halogens is 1. The number of para-hydroxylation sites is 1. The molecule has 0 aromatic heterocycles. The Hall–Kier alpha value is -0.740. The van der Waals surface area contributed by atoms with Crippen molar-refractivity contribution in [1.82, 2.24) is 0 Å². The van der Waals surface area contributed by atoms with E-state index in [1.807, 2.05) is 0 Å². The van der Waals surface area contributed by atoms with Crippen LogP contribution < -0.4 is 4.74 Å². The molecule has 0 radical (unpaired) electrons. The molecule has 0 aliphatic rings. The first-order valence-electron chi connectivity index (χ1n) is 3.49. The summed E-state index contributed by atoms with van der Waals surface area (Å²) >= 11 is 5.75. The lowest BCUT2D eigenvalue weighted by Gasteiger charge is -2.07. The minimum atomic E-state index is -3.28. The molecular weight excluding hydrogens is 212 g/mol. The second-order valence-electron chi connectivity index (χ2n) is 2.54. The van der Waals surface area contributed by atoms with Gasteiger partial charge in [-0.2, -0.15) is 0 Å². The maximum Gasteiger partial charge on any atom is 0.179 e. The summed E-state index contributed by atoms with van der Waals surface area (Å²) in [7, 11) is -1.89. The van der Waals surface area contributed by atoms with E-state index in [2.05, 4.69) is 0 Å². The Morgan fingerprint density at radius 1 is 1.38 bits per heavy atom. The van der Waals surface area contributed by atoms with Crippen LogP contribution in [0.25, 0.3) is 0 Å². The Kier molecular flexibility index (Phi) is 2.83. The summed E-state index contributed by atoms with van der Waals surface area (Å²) in [6, 6.07) is 4.61. The fraction of sp³-hybridized carbons (Fsp3) is 0.250. The van der Waals surface area contributed by atoms with Crippen LogP contribution in [0.15, 0.2) is 23.1 Å². The van der Waals surface area contributed by atoms with Gasteiger partial charge in [-0.05, 0) is 12.1 Å². The molecule has 0 saturated heterocycles. The average molecular weight is 221 g/mol. The van der Waals surface area contributed by atoms with Crippen molar-refractivity contribution in [1.29, 1.82) is 0 Å². The van der Waals surface area contributed by atoms with E-state index in [1.165, 1.54) is 13.2 Å². The molecule has 0 unspecified atom stereocenters. The number of sulfone groups is 1. The van der Waals surface area contributed by atoms with Gasteiger partial charge in [0.2, 0.25) is 0 Å².